The Morgan fingerprint density at radius 2 is 2.24 bits per heavy atom. The van der Waals surface area contributed by atoms with E-state index < -0.39 is 0 Å². The number of rotatable bonds is 4. The number of hydrogen-bond acceptors (Lipinski definition) is 3. The minimum absolute atomic E-state index is 0.222. The number of nitriles is 1. The molecule has 0 spiro atoms. The molecule has 3 heteroatoms. The smallest absolute Gasteiger partial charge is 0.0672 e. The van der Waals surface area contributed by atoms with Crippen LogP contribution in [0.1, 0.15) is 37.7 Å². The first-order valence-electron chi connectivity index (χ1n) is 6.54. The summed E-state index contributed by atoms with van der Waals surface area (Å²) in [5.74, 6) is 0.222. The van der Waals surface area contributed by atoms with Crippen LogP contribution in [0.2, 0.25) is 0 Å². The molecule has 1 fully saturated rings. The van der Waals surface area contributed by atoms with E-state index in [4.69, 9.17) is 0 Å². The molecule has 1 aliphatic rings. The van der Waals surface area contributed by atoms with Crippen LogP contribution < -0.4 is 5.32 Å². The Bertz CT molecular complexity index is 353. The third kappa shape index (κ3) is 3.83. The fraction of sp³-hybridized carbons (Fsp3) is 0.643. The molecule has 2 rings (SSSR count). The standard InChI is InChI=1S/C14H20N2S/c15-10-13-4-2-1-3-5-14(13)16-8-6-12-7-9-17-11-12/h7,9,11,13-14,16H,1-6,8H2. The van der Waals surface area contributed by atoms with E-state index in [0.717, 1.165) is 19.4 Å². The lowest BCUT2D eigenvalue weighted by Gasteiger charge is -2.20. The second kappa shape index (κ2) is 6.78. The molecule has 1 N–H and O–H groups in total. The summed E-state index contributed by atoms with van der Waals surface area (Å²) in [6.45, 7) is 1.000. The predicted octanol–water partition coefficient (Wildman–Crippen LogP) is 3.35. The molecule has 2 atom stereocenters. The number of nitrogens with one attached hydrogen (secondary N) is 1. The Hall–Kier alpha value is -0.850. The molecule has 1 heterocycles. The molecule has 17 heavy (non-hydrogen) atoms. The molecule has 2 unspecified atom stereocenters. The summed E-state index contributed by atoms with van der Waals surface area (Å²) in [5, 5.41) is 17.1. The van der Waals surface area contributed by atoms with E-state index in [1.807, 2.05) is 0 Å². The van der Waals surface area contributed by atoms with Crippen molar-refractivity contribution in [3.8, 4) is 6.07 Å². The highest BCUT2D eigenvalue weighted by Crippen LogP contribution is 2.22. The van der Waals surface area contributed by atoms with E-state index in [0.29, 0.717) is 6.04 Å². The second-order valence-electron chi connectivity index (χ2n) is 4.82. The topological polar surface area (TPSA) is 35.8 Å². The molecule has 1 aromatic rings. The molecule has 92 valence electrons. The molecule has 0 amide bonds. The van der Waals surface area contributed by atoms with Gasteiger partial charge in [0.25, 0.3) is 0 Å². The van der Waals surface area contributed by atoms with Gasteiger partial charge in [0.2, 0.25) is 0 Å². The fourth-order valence-electron chi connectivity index (χ4n) is 2.54. The fourth-order valence-corrected chi connectivity index (χ4v) is 3.25. The lowest BCUT2D eigenvalue weighted by molar-refractivity contribution is 0.397. The summed E-state index contributed by atoms with van der Waals surface area (Å²) in [5.41, 5.74) is 1.41. The average molecular weight is 248 g/mol. The van der Waals surface area contributed by atoms with Gasteiger partial charge in [-0.05, 0) is 48.2 Å². The first-order valence-corrected chi connectivity index (χ1v) is 7.48. The largest absolute Gasteiger partial charge is 0.312 e. The van der Waals surface area contributed by atoms with Gasteiger partial charge in [0.05, 0.1) is 12.0 Å². The first-order chi connectivity index (χ1) is 8.40. The summed E-state index contributed by atoms with van der Waals surface area (Å²) < 4.78 is 0. The van der Waals surface area contributed by atoms with Gasteiger partial charge in [0.15, 0.2) is 0 Å². The maximum Gasteiger partial charge on any atom is 0.0672 e. The van der Waals surface area contributed by atoms with Crippen LogP contribution in [0.15, 0.2) is 16.8 Å². The van der Waals surface area contributed by atoms with Crippen molar-refractivity contribution in [2.75, 3.05) is 6.54 Å². The highest BCUT2D eigenvalue weighted by molar-refractivity contribution is 7.07. The third-order valence-corrected chi connectivity index (χ3v) is 4.31. The quantitative estimate of drug-likeness (QED) is 0.829. The van der Waals surface area contributed by atoms with Crippen molar-refractivity contribution in [2.24, 2.45) is 5.92 Å². The van der Waals surface area contributed by atoms with Crippen molar-refractivity contribution in [3.05, 3.63) is 22.4 Å². The van der Waals surface area contributed by atoms with Gasteiger partial charge in [0.1, 0.15) is 0 Å². The zero-order valence-corrected chi connectivity index (χ0v) is 11.0. The van der Waals surface area contributed by atoms with Gasteiger partial charge in [-0.3, -0.25) is 0 Å². The van der Waals surface area contributed by atoms with Crippen molar-refractivity contribution >= 4 is 11.3 Å². The first kappa shape index (κ1) is 12.6. The molecule has 0 aliphatic heterocycles. The van der Waals surface area contributed by atoms with Crippen LogP contribution in [-0.4, -0.2) is 12.6 Å². The molecule has 2 nitrogen and oxygen atoms in total. The van der Waals surface area contributed by atoms with Crippen LogP contribution in [-0.2, 0) is 6.42 Å². The summed E-state index contributed by atoms with van der Waals surface area (Å²) >= 11 is 1.75. The SMILES string of the molecule is N#CC1CCCCCC1NCCc1ccsc1. The Balaban J connectivity index is 1.78. The Morgan fingerprint density at radius 1 is 1.35 bits per heavy atom. The molecule has 1 aromatic heterocycles. The van der Waals surface area contributed by atoms with Crippen LogP contribution in [0.5, 0.6) is 0 Å². The van der Waals surface area contributed by atoms with Gasteiger partial charge < -0.3 is 5.32 Å². The monoisotopic (exact) mass is 248 g/mol. The van der Waals surface area contributed by atoms with E-state index in [9.17, 15) is 5.26 Å². The van der Waals surface area contributed by atoms with Gasteiger partial charge in [0, 0.05) is 6.04 Å². The van der Waals surface area contributed by atoms with Crippen molar-refractivity contribution in [1.29, 1.82) is 5.26 Å². The minimum Gasteiger partial charge on any atom is -0.312 e. The lowest BCUT2D eigenvalue weighted by Crippen LogP contribution is -2.36. The molecule has 0 saturated heterocycles. The van der Waals surface area contributed by atoms with Gasteiger partial charge in [-0.1, -0.05) is 19.3 Å². The van der Waals surface area contributed by atoms with Gasteiger partial charge in [-0.2, -0.15) is 16.6 Å². The van der Waals surface area contributed by atoms with E-state index in [-0.39, 0.29) is 5.92 Å². The van der Waals surface area contributed by atoms with Crippen LogP contribution in [0, 0.1) is 17.2 Å². The Kier molecular flexibility index (Phi) is 5.03. The maximum atomic E-state index is 9.18. The highest BCUT2D eigenvalue weighted by Gasteiger charge is 2.22. The van der Waals surface area contributed by atoms with E-state index in [1.165, 1.54) is 31.2 Å². The molecule has 1 aliphatic carbocycles. The zero-order valence-electron chi connectivity index (χ0n) is 10.2. The normalized spacial score (nSPS) is 25.1. The predicted molar refractivity (Wildman–Crippen MR) is 72.0 cm³/mol. The van der Waals surface area contributed by atoms with Crippen molar-refractivity contribution in [3.63, 3.8) is 0 Å². The van der Waals surface area contributed by atoms with Gasteiger partial charge in [-0.25, -0.2) is 0 Å². The van der Waals surface area contributed by atoms with Crippen LogP contribution in [0.4, 0.5) is 0 Å². The van der Waals surface area contributed by atoms with E-state index >= 15 is 0 Å². The highest BCUT2D eigenvalue weighted by atomic mass is 32.1. The summed E-state index contributed by atoms with van der Waals surface area (Å²) in [4.78, 5) is 0. The van der Waals surface area contributed by atoms with Crippen molar-refractivity contribution < 1.29 is 0 Å². The van der Waals surface area contributed by atoms with Crippen molar-refractivity contribution in [1.82, 2.24) is 5.32 Å². The molecule has 1 saturated carbocycles. The van der Waals surface area contributed by atoms with E-state index in [1.54, 1.807) is 11.3 Å². The molecule has 0 bridgehead atoms. The molecule has 0 aromatic carbocycles. The average Bonchev–Trinajstić information content (AvgIpc) is 2.75. The minimum atomic E-state index is 0.222. The second-order valence-corrected chi connectivity index (χ2v) is 5.60. The van der Waals surface area contributed by atoms with Gasteiger partial charge in [-0.15, -0.1) is 0 Å². The van der Waals surface area contributed by atoms with Crippen molar-refractivity contribution in [2.45, 2.75) is 44.6 Å². The Morgan fingerprint density at radius 3 is 3.00 bits per heavy atom. The summed E-state index contributed by atoms with van der Waals surface area (Å²) in [6.07, 6.45) is 7.11. The summed E-state index contributed by atoms with van der Waals surface area (Å²) in [6, 6.07) is 5.08. The number of nitrogens with zero attached hydrogens (tertiary/aromatic N) is 1. The van der Waals surface area contributed by atoms with Gasteiger partial charge >= 0.3 is 0 Å². The number of hydrogen-bond donors (Lipinski definition) is 1. The number of thiophene rings is 1. The van der Waals surface area contributed by atoms with Crippen LogP contribution in [0.3, 0.4) is 0 Å². The lowest BCUT2D eigenvalue weighted by atomic mass is 9.96. The van der Waals surface area contributed by atoms with Crippen LogP contribution in [0.25, 0.3) is 0 Å². The van der Waals surface area contributed by atoms with Crippen LogP contribution >= 0.6 is 11.3 Å². The zero-order chi connectivity index (χ0) is 11.9. The summed E-state index contributed by atoms with van der Waals surface area (Å²) in [7, 11) is 0. The van der Waals surface area contributed by atoms with E-state index in [2.05, 4.69) is 28.2 Å². The molecular weight excluding hydrogens is 228 g/mol. The Labute approximate surface area is 108 Å². The molecular formula is C14H20N2S. The maximum absolute atomic E-state index is 9.18. The molecule has 0 radical (unpaired) electrons. The third-order valence-electron chi connectivity index (χ3n) is 3.58.